The molecule has 1 unspecified atom stereocenters. The molecule has 7 nitrogen and oxygen atoms in total. The molecule has 3 rings (SSSR count). The molecule has 7 heteroatoms. The minimum atomic E-state index is -0.415. The van der Waals surface area contributed by atoms with Crippen LogP contribution in [0.25, 0.3) is 0 Å². The second-order valence-electron chi connectivity index (χ2n) is 4.11. The molecule has 1 atom stereocenters. The minimum absolute atomic E-state index is 0.116. The van der Waals surface area contributed by atoms with Gasteiger partial charge >= 0.3 is 6.03 Å². The first-order chi connectivity index (χ1) is 9.17. The average Bonchev–Trinajstić information content (AvgIpc) is 2.81. The molecule has 0 bridgehead atoms. The summed E-state index contributed by atoms with van der Waals surface area (Å²) in [6.07, 6.45) is 1.16. The molecule has 0 radical (unpaired) electrons. The maximum Gasteiger partial charge on any atom is 0.320 e. The van der Waals surface area contributed by atoms with Crippen molar-refractivity contribution in [1.29, 1.82) is 0 Å². The number of phenolic OH excluding ortho intramolecular Hbond substituents is 1. The molecule has 98 valence electrons. The van der Waals surface area contributed by atoms with E-state index in [0.717, 1.165) is 5.70 Å². The monoisotopic (exact) mass is 260 g/mol. The van der Waals surface area contributed by atoms with Gasteiger partial charge in [0.1, 0.15) is 17.3 Å². The summed E-state index contributed by atoms with van der Waals surface area (Å²) in [6, 6.07) is 4.47. The Morgan fingerprint density at radius 2 is 2.26 bits per heavy atom. The SMILES string of the molecule is COc1cc(O)ccc1C1=NC2NC(=O)NC=C2N1. The predicted molar refractivity (Wildman–Crippen MR) is 67.9 cm³/mol. The Kier molecular flexibility index (Phi) is 2.52. The summed E-state index contributed by atoms with van der Waals surface area (Å²) >= 11 is 0. The number of carbonyl (C=O) groups excluding carboxylic acids is 1. The van der Waals surface area contributed by atoms with E-state index in [1.54, 1.807) is 18.3 Å². The van der Waals surface area contributed by atoms with Crippen molar-refractivity contribution in [1.82, 2.24) is 16.0 Å². The lowest BCUT2D eigenvalue weighted by atomic mass is 10.1. The largest absolute Gasteiger partial charge is 0.508 e. The molecule has 2 heterocycles. The Morgan fingerprint density at radius 1 is 1.42 bits per heavy atom. The summed E-state index contributed by atoms with van der Waals surface area (Å²) < 4.78 is 5.21. The van der Waals surface area contributed by atoms with Crippen LogP contribution >= 0.6 is 0 Å². The zero-order valence-electron chi connectivity index (χ0n) is 10.1. The highest BCUT2D eigenvalue weighted by Gasteiger charge is 2.29. The summed E-state index contributed by atoms with van der Waals surface area (Å²) in [5.41, 5.74) is 1.47. The number of urea groups is 1. The Morgan fingerprint density at radius 3 is 3.05 bits per heavy atom. The van der Waals surface area contributed by atoms with Gasteiger partial charge in [-0.3, -0.25) is 0 Å². The molecule has 1 aromatic carbocycles. The molecular formula is C12H12N4O3. The van der Waals surface area contributed by atoms with Crippen molar-refractivity contribution in [2.75, 3.05) is 7.11 Å². The molecule has 19 heavy (non-hydrogen) atoms. The van der Waals surface area contributed by atoms with Crippen LogP contribution in [0, 0.1) is 0 Å². The van der Waals surface area contributed by atoms with Gasteiger partial charge in [0.15, 0.2) is 6.17 Å². The van der Waals surface area contributed by atoms with Gasteiger partial charge in [-0.05, 0) is 12.1 Å². The number of nitrogens with one attached hydrogen (secondary N) is 3. The average molecular weight is 260 g/mol. The number of aliphatic imine (C=N–C) groups is 1. The van der Waals surface area contributed by atoms with Crippen molar-refractivity contribution in [3.63, 3.8) is 0 Å². The summed E-state index contributed by atoms with van der Waals surface area (Å²) in [4.78, 5) is 15.6. The number of phenols is 1. The second-order valence-corrected chi connectivity index (χ2v) is 4.11. The lowest BCUT2D eigenvalue weighted by Crippen LogP contribution is -2.45. The first-order valence-electron chi connectivity index (χ1n) is 5.66. The molecule has 0 saturated heterocycles. The summed E-state index contributed by atoms with van der Waals surface area (Å²) in [5.74, 6) is 1.20. The number of aromatic hydroxyl groups is 1. The highest BCUT2D eigenvalue weighted by atomic mass is 16.5. The van der Waals surface area contributed by atoms with Gasteiger partial charge < -0.3 is 25.8 Å². The molecule has 0 aliphatic carbocycles. The van der Waals surface area contributed by atoms with Crippen molar-refractivity contribution >= 4 is 11.9 Å². The quantitative estimate of drug-likeness (QED) is 0.612. The third-order valence-electron chi connectivity index (χ3n) is 2.88. The van der Waals surface area contributed by atoms with E-state index >= 15 is 0 Å². The fourth-order valence-corrected chi connectivity index (χ4v) is 1.98. The van der Waals surface area contributed by atoms with Crippen molar-refractivity contribution in [2.24, 2.45) is 4.99 Å². The number of benzene rings is 1. The summed E-state index contributed by atoms with van der Waals surface area (Å²) in [5, 5.41) is 17.7. The van der Waals surface area contributed by atoms with Crippen molar-refractivity contribution in [3.05, 3.63) is 35.7 Å². The van der Waals surface area contributed by atoms with Gasteiger partial charge in [-0.2, -0.15) is 0 Å². The fourth-order valence-electron chi connectivity index (χ4n) is 1.98. The van der Waals surface area contributed by atoms with Crippen LogP contribution in [0.3, 0.4) is 0 Å². The number of rotatable bonds is 2. The third-order valence-corrected chi connectivity index (χ3v) is 2.88. The second kappa shape index (κ2) is 4.20. The number of fused-ring (bicyclic) bond motifs is 1. The van der Waals surface area contributed by atoms with E-state index in [1.165, 1.54) is 13.2 Å². The first-order valence-corrected chi connectivity index (χ1v) is 5.66. The number of ether oxygens (including phenoxy) is 1. The first kappa shape index (κ1) is 11.4. The van der Waals surface area contributed by atoms with Crippen LogP contribution in [0.2, 0.25) is 0 Å². The van der Waals surface area contributed by atoms with E-state index in [4.69, 9.17) is 4.74 Å². The van der Waals surface area contributed by atoms with Gasteiger partial charge in [0, 0.05) is 12.3 Å². The molecule has 2 aliphatic heterocycles. The highest BCUT2D eigenvalue weighted by Crippen LogP contribution is 2.26. The molecule has 4 N–H and O–H groups in total. The molecule has 2 amide bonds. The maximum atomic E-state index is 11.2. The molecule has 0 saturated carbocycles. The lowest BCUT2D eigenvalue weighted by Gasteiger charge is -2.16. The topological polar surface area (TPSA) is 95.0 Å². The Bertz CT molecular complexity index is 609. The van der Waals surface area contributed by atoms with Gasteiger partial charge in [-0.15, -0.1) is 0 Å². The van der Waals surface area contributed by atoms with Crippen LogP contribution in [0.5, 0.6) is 11.5 Å². The zero-order valence-corrected chi connectivity index (χ0v) is 10.1. The number of nitrogens with zero attached hydrogens (tertiary/aromatic N) is 1. The molecule has 0 spiro atoms. The number of carbonyl (C=O) groups is 1. The van der Waals surface area contributed by atoms with Gasteiger partial charge in [0.2, 0.25) is 0 Å². The van der Waals surface area contributed by atoms with Crippen LogP contribution in [-0.2, 0) is 0 Å². The van der Waals surface area contributed by atoms with Crippen molar-refractivity contribution in [2.45, 2.75) is 6.17 Å². The van der Waals surface area contributed by atoms with Gasteiger partial charge in [0.25, 0.3) is 0 Å². The molecule has 0 fully saturated rings. The standard InChI is InChI=1S/C12H12N4O3/c1-19-9-4-6(17)2-3-7(9)10-14-8-5-13-12(18)16-11(8)15-10/h2-5,11,17H,1H3,(H,14,15)(H2,13,16,18). The molecular weight excluding hydrogens is 248 g/mol. The normalized spacial score (nSPS) is 20.5. The Labute approximate surface area is 109 Å². The molecule has 1 aromatic rings. The lowest BCUT2D eigenvalue weighted by molar-refractivity contribution is 0.240. The fraction of sp³-hybridized carbons (Fsp3) is 0.167. The molecule has 2 aliphatic rings. The predicted octanol–water partition coefficient (Wildman–Crippen LogP) is 0.231. The smallest absolute Gasteiger partial charge is 0.320 e. The number of hydrogen-bond donors (Lipinski definition) is 4. The van der Waals surface area contributed by atoms with E-state index in [9.17, 15) is 9.90 Å². The van der Waals surface area contributed by atoms with Crippen molar-refractivity contribution in [3.8, 4) is 11.5 Å². The van der Waals surface area contributed by atoms with Gasteiger partial charge in [-0.1, -0.05) is 0 Å². The van der Waals surface area contributed by atoms with Gasteiger partial charge in [0.05, 0.1) is 18.4 Å². The van der Waals surface area contributed by atoms with E-state index in [0.29, 0.717) is 17.1 Å². The van der Waals surface area contributed by atoms with Crippen LogP contribution in [-0.4, -0.2) is 30.2 Å². The number of amides is 2. The Hall–Kier alpha value is -2.70. The summed E-state index contributed by atoms with van der Waals surface area (Å²) in [6.45, 7) is 0. The molecule has 0 aromatic heterocycles. The Balaban J connectivity index is 1.96. The van der Waals surface area contributed by atoms with E-state index in [2.05, 4.69) is 20.9 Å². The van der Waals surface area contributed by atoms with E-state index in [1.807, 2.05) is 0 Å². The number of hydrogen-bond acceptors (Lipinski definition) is 5. The van der Waals surface area contributed by atoms with E-state index < -0.39 is 6.17 Å². The minimum Gasteiger partial charge on any atom is -0.508 e. The van der Waals surface area contributed by atoms with Crippen LogP contribution in [0.15, 0.2) is 35.1 Å². The zero-order chi connectivity index (χ0) is 13.4. The van der Waals surface area contributed by atoms with Crippen LogP contribution < -0.4 is 20.7 Å². The number of methoxy groups -OCH3 is 1. The third kappa shape index (κ3) is 1.95. The van der Waals surface area contributed by atoms with Crippen molar-refractivity contribution < 1.29 is 14.6 Å². The highest BCUT2D eigenvalue weighted by molar-refractivity contribution is 6.04. The number of amidine groups is 1. The summed E-state index contributed by atoms with van der Waals surface area (Å²) in [7, 11) is 1.52. The van der Waals surface area contributed by atoms with Gasteiger partial charge in [-0.25, -0.2) is 9.79 Å². The maximum absolute atomic E-state index is 11.2. The van der Waals surface area contributed by atoms with Crippen LogP contribution in [0.1, 0.15) is 5.56 Å². The van der Waals surface area contributed by atoms with E-state index in [-0.39, 0.29) is 11.8 Å². The van der Waals surface area contributed by atoms with Crippen LogP contribution in [0.4, 0.5) is 4.79 Å².